The normalized spacial score (nSPS) is 23.4. The van der Waals surface area contributed by atoms with Crippen LogP contribution in [0.1, 0.15) is 19.2 Å². The number of benzene rings is 1. The predicted molar refractivity (Wildman–Crippen MR) is 74.8 cm³/mol. The molecule has 6 heteroatoms. The summed E-state index contributed by atoms with van der Waals surface area (Å²) in [6, 6.07) is 5.95. The molecule has 1 fully saturated rings. The highest BCUT2D eigenvalue weighted by Gasteiger charge is 2.25. The first-order chi connectivity index (χ1) is 10.1. The number of likely N-dealkylation sites (tertiary alicyclic amines) is 1. The van der Waals surface area contributed by atoms with Gasteiger partial charge in [-0.15, -0.1) is 0 Å². The van der Waals surface area contributed by atoms with Crippen LogP contribution in [0.3, 0.4) is 0 Å². The Balaban J connectivity index is 1.66. The van der Waals surface area contributed by atoms with E-state index in [1.165, 1.54) is 12.1 Å². The summed E-state index contributed by atoms with van der Waals surface area (Å²) in [6.07, 6.45) is 0.659. The van der Waals surface area contributed by atoms with Gasteiger partial charge in [0.2, 0.25) is 0 Å². The fourth-order valence-corrected chi connectivity index (χ4v) is 2.49. The Kier molecular flexibility index (Phi) is 3.98. The molecule has 2 unspecified atom stereocenters. The minimum absolute atomic E-state index is 0.296. The predicted octanol–water partition coefficient (Wildman–Crippen LogP) is 2.08. The van der Waals surface area contributed by atoms with Crippen molar-refractivity contribution in [3.05, 3.63) is 35.9 Å². The zero-order valence-electron chi connectivity index (χ0n) is 11.9. The lowest BCUT2D eigenvalue weighted by atomic mass is 9.96. The number of hydrogen-bond donors (Lipinski definition) is 1. The van der Waals surface area contributed by atoms with Crippen LogP contribution in [0.2, 0.25) is 0 Å². The quantitative estimate of drug-likeness (QED) is 0.938. The van der Waals surface area contributed by atoms with Gasteiger partial charge in [-0.25, -0.2) is 4.39 Å². The average molecular weight is 291 g/mol. The van der Waals surface area contributed by atoms with Crippen LogP contribution in [-0.4, -0.2) is 39.3 Å². The summed E-state index contributed by atoms with van der Waals surface area (Å²) in [7, 11) is 0. The summed E-state index contributed by atoms with van der Waals surface area (Å²) in [4.78, 5) is 6.44. The minimum Gasteiger partial charge on any atom is -0.392 e. The second-order valence-corrected chi connectivity index (χ2v) is 5.59. The highest BCUT2D eigenvalue weighted by Crippen LogP contribution is 2.20. The number of piperidine rings is 1. The van der Waals surface area contributed by atoms with Crippen molar-refractivity contribution in [3.8, 4) is 11.5 Å². The van der Waals surface area contributed by atoms with E-state index in [4.69, 9.17) is 4.52 Å². The maximum Gasteiger partial charge on any atom is 0.257 e. The molecular weight excluding hydrogens is 273 g/mol. The lowest BCUT2D eigenvalue weighted by molar-refractivity contribution is 0.0246. The van der Waals surface area contributed by atoms with Gasteiger partial charge in [0.1, 0.15) is 5.82 Å². The van der Waals surface area contributed by atoms with E-state index >= 15 is 0 Å². The van der Waals surface area contributed by atoms with Gasteiger partial charge in [-0.3, -0.25) is 4.90 Å². The maximum atomic E-state index is 12.9. The van der Waals surface area contributed by atoms with E-state index in [2.05, 4.69) is 22.0 Å². The van der Waals surface area contributed by atoms with E-state index in [0.717, 1.165) is 13.0 Å². The smallest absolute Gasteiger partial charge is 0.257 e. The summed E-state index contributed by atoms with van der Waals surface area (Å²) < 4.78 is 18.1. The van der Waals surface area contributed by atoms with E-state index in [-0.39, 0.29) is 11.9 Å². The Hall–Kier alpha value is -1.79. The Labute approximate surface area is 122 Å². The molecule has 0 saturated carbocycles. The third kappa shape index (κ3) is 3.28. The molecule has 1 aromatic carbocycles. The van der Waals surface area contributed by atoms with Crippen molar-refractivity contribution in [2.45, 2.75) is 26.0 Å². The van der Waals surface area contributed by atoms with Gasteiger partial charge in [0.05, 0.1) is 12.6 Å². The number of rotatable bonds is 3. The van der Waals surface area contributed by atoms with Crippen LogP contribution in [0.4, 0.5) is 4.39 Å². The SMILES string of the molecule is CC1CCN(Cc2noc(-c3ccc(F)cc3)n2)CC1O. The zero-order chi connectivity index (χ0) is 14.8. The van der Waals surface area contributed by atoms with Gasteiger partial charge in [0.15, 0.2) is 5.82 Å². The number of nitrogens with zero attached hydrogens (tertiary/aromatic N) is 3. The van der Waals surface area contributed by atoms with Gasteiger partial charge in [-0.05, 0) is 43.1 Å². The third-order valence-electron chi connectivity index (χ3n) is 3.93. The summed E-state index contributed by atoms with van der Waals surface area (Å²) in [5.74, 6) is 1.00. The molecular formula is C15H18FN3O2. The molecule has 112 valence electrons. The van der Waals surface area contributed by atoms with Gasteiger partial charge in [-0.1, -0.05) is 12.1 Å². The number of halogens is 1. The molecule has 0 radical (unpaired) electrons. The largest absolute Gasteiger partial charge is 0.392 e. The van der Waals surface area contributed by atoms with Crippen LogP contribution in [0.25, 0.3) is 11.5 Å². The molecule has 1 N–H and O–H groups in total. The second-order valence-electron chi connectivity index (χ2n) is 5.59. The number of aliphatic hydroxyl groups is 1. The molecule has 0 amide bonds. The lowest BCUT2D eigenvalue weighted by Crippen LogP contribution is -2.42. The van der Waals surface area contributed by atoms with Gasteiger partial charge in [0, 0.05) is 12.1 Å². The van der Waals surface area contributed by atoms with E-state index in [0.29, 0.717) is 36.3 Å². The van der Waals surface area contributed by atoms with Gasteiger partial charge in [0.25, 0.3) is 5.89 Å². The molecule has 1 aliphatic heterocycles. The summed E-state index contributed by atoms with van der Waals surface area (Å²) in [5, 5.41) is 13.8. The zero-order valence-corrected chi connectivity index (χ0v) is 11.9. The van der Waals surface area contributed by atoms with Crippen molar-refractivity contribution in [3.63, 3.8) is 0 Å². The molecule has 0 aliphatic carbocycles. The Morgan fingerprint density at radius 2 is 2.14 bits per heavy atom. The number of aliphatic hydroxyl groups excluding tert-OH is 1. The number of hydrogen-bond acceptors (Lipinski definition) is 5. The first kappa shape index (κ1) is 14.2. The lowest BCUT2D eigenvalue weighted by Gasteiger charge is -2.33. The van der Waals surface area contributed by atoms with Gasteiger partial charge < -0.3 is 9.63 Å². The molecule has 2 heterocycles. The molecule has 2 atom stereocenters. The molecule has 1 aromatic heterocycles. The second kappa shape index (κ2) is 5.91. The van der Waals surface area contributed by atoms with Crippen molar-refractivity contribution in [1.82, 2.24) is 15.0 Å². The first-order valence-corrected chi connectivity index (χ1v) is 7.11. The van der Waals surface area contributed by atoms with Crippen molar-refractivity contribution >= 4 is 0 Å². The van der Waals surface area contributed by atoms with Crippen molar-refractivity contribution in [2.24, 2.45) is 5.92 Å². The van der Waals surface area contributed by atoms with Crippen molar-refractivity contribution in [1.29, 1.82) is 0 Å². The van der Waals surface area contributed by atoms with Crippen LogP contribution in [0.5, 0.6) is 0 Å². The topological polar surface area (TPSA) is 62.4 Å². The summed E-state index contributed by atoms with van der Waals surface area (Å²) in [5.41, 5.74) is 0.697. The van der Waals surface area contributed by atoms with Crippen molar-refractivity contribution in [2.75, 3.05) is 13.1 Å². The van der Waals surface area contributed by atoms with E-state index in [1.54, 1.807) is 12.1 Å². The van der Waals surface area contributed by atoms with Gasteiger partial charge >= 0.3 is 0 Å². The van der Waals surface area contributed by atoms with Crippen molar-refractivity contribution < 1.29 is 14.0 Å². The fourth-order valence-electron chi connectivity index (χ4n) is 2.49. The molecule has 1 aliphatic rings. The monoisotopic (exact) mass is 291 g/mol. The van der Waals surface area contributed by atoms with Crippen LogP contribution >= 0.6 is 0 Å². The molecule has 0 spiro atoms. The Morgan fingerprint density at radius 3 is 2.86 bits per heavy atom. The molecule has 2 aromatic rings. The fraction of sp³-hybridized carbons (Fsp3) is 0.467. The average Bonchev–Trinajstić information content (AvgIpc) is 2.92. The van der Waals surface area contributed by atoms with E-state index in [1.807, 2.05) is 0 Å². The molecule has 1 saturated heterocycles. The molecule has 0 bridgehead atoms. The van der Waals surface area contributed by atoms with Crippen LogP contribution < -0.4 is 0 Å². The first-order valence-electron chi connectivity index (χ1n) is 7.11. The summed E-state index contributed by atoms with van der Waals surface area (Å²) in [6.45, 7) is 4.15. The Bertz CT molecular complexity index is 599. The van der Waals surface area contributed by atoms with Gasteiger partial charge in [-0.2, -0.15) is 4.98 Å². The Morgan fingerprint density at radius 1 is 1.38 bits per heavy atom. The number of β-amino-alcohol motifs (C(OH)–C–C–N with tert-alkyl or cyclic N) is 1. The minimum atomic E-state index is -0.304. The summed E-state index contributed by atoms with van der Waals surface area (Å²) >= 11 is 0. The standard InChI is InChI=1S/C15H18FN3O2/c1-10-6-7-19(8-13(10)20)9-14-17-15(21-18-14)11-2-4-12(16)5-3-11/h2-5,10,13,20H,6-9H2,1H3. The van der Waals surface area contributed by atoms with E-state index < -0.39 is 0 Å². The molecule has 21 heavy (non-hydrogen) atoms. The number of aromatic nitrogens is 2. The van der Waals surface area contributed by atoms with E-state index in [9.17, 15) is 9.50 Å². The van der Waals surface area contributed by atoms with Crippen LogP contribution in [0.15, 0.2) is 28.8 Å². The molecule has 3 rings (SSSR count). The highest BCUT2D eigenvalue weighted by molar-refractivity contribution is 5.52. The highest BCUT2D eigenvalue weighted by atomic mass is 19.1. The molecule has 5 nitrogen and oxygen atoms in total. The maximum absolute atomic E-state index is 12.9. The van der Waals surface area contributed by atoms with Crippen LogP contribution in [0, 0.1) is 11.7 Å². The third-order valence-corrected chi connectivity index (χ3v) is 3.93. The van der Waals surface area contributed by atoms with Crippen LogP contribution in [-0.2, 0) is 6.54 Å².